The van der Waals surface area contributed by atoms with Crippen molar-refractivity contribution in [2.75, 3.05) is 31.1 Å². The minimum absolute atomic E-state index is 0.0582. The first kappa shape index (κ1) is 17.5. The van der Waals surface area contributed by atoms with E-state index in [0.717, 1.165) is 39.0 Å². The van der Waals surface area contributed by atoms with E-state index in [4.69, 9.17) is 0 Å². The first-order chi connectivity index (χ1) is 12.5. The second-order valence-electron chi connectivity index (χ2n) is 8.24. The number of thiophene rings is 1. The van der Waals surface area contributed by atoms with Crippen LogP contribution in [0.15, 0.2) is 36.0 Å². The lowest BCUT2D eigenvalue weighted by Crippen LogP contribution is -2.43. The van der Waals surface area contributed by atoms with Gasteiger partial charge in [0.25, 0.3) is 0 Å². The van der Waals surface area contributed by atoms with E-state index in [0.29, 0.717) is 5.91 Å². The normalized spacial score (nSPS) is 25.0. The number of rotatable bonds is 3. The molecule has 1 saturated heterocycles. The van der Waals surface area contributed by atoms with Crippen molar-refractivity contribution in [3.8, 4) is 0 Å². The van der Waals surface area contributed by atoms with Crippen LogP contribution in [0.5, 0.6) is 0 Å². The molecule has 26 heavy (non-hydrogen) atoms. The van der Waals surface area contributed by atoms with E-state index in [2.05, 4.69) is 59.1 Å². The molecule has 0 N–H and O–H groups in total. The average molecular weight is 370 g/mol. The van der Waals surface area contributed by atoms with Gasteiger partial charge >= 0.3 is 0 Å². The summed E-state index contributed by atoms with van der Waals surface area (Å²) in [5.74, 6) is 0.332. The Labute approximate surface area is 159 Å². The van der Waals surface area contributed by atoms with E-state index >= 15 is 0 Å². The summed E-state index contributed by atoms with van der Waals surface area (Å²) in [6, 6.07) is 6.30. The first-order valence-electron chi connectivity index (χ1n) is 9.45. The number of pyridine rings is 1. The zero-order valence-corrected chi connectivity index (χ0v) is 16.7. The van der Waals surface area contributed by atoms with Crippen molar-refractivity contribution in [3.63, 3.8) is 0 Å². The quantitative estimate of drug-likeness (QED) is 0.824. The second-order valence-corrected chi connectivity index (χ2v) is 9.19. The number of anilines is 1. The number of amides is 1. The smallest absolute Gasteiger partial charge is 0.234 e. The molecule has 1 atom stereocenters. The second kappa shape index (κ2) is 6.38. The van der Waals surface area contributed by atoms with E-state index in [9.17, 15) is 4.79 Å². The SMILES string of the molecule is Cc1cnccc1N1CCCN(C(=O)C2(c3cccs3)CC2(C)C)CC1. The number of aromatic nitrogens is 1. The summed E-state index contributed by atoms with van der Waals surface area (Å²) in [7, 11) is 0. The van der Waals surface area contributed by atoms with Gasteiger partial charge in [-0.1, -0.05) is 19.9 Å². The van der Waals surface area contributed by atoms with Crippen LogP contribution in [0.3, 0.4) is 0 Å². The van der Waals surface area contributed by atoms with E-state index in [1.807, 2.05) is 12.4 Å². The molecule has 2 aromatic heterocycles. The van der Waals surface area contributed by atoms with Crippen LogP contribution in [0.25, 0.3) is 0 Å². The number of aryl methyl sites for hydroxylation is 1. The van der Waals surface area contributed by atoms with Crippen molar-refractivity contribution >= 4 is 22.9 Å². The van der Waals surface area contributed by atoms with Crippen LogP contribution >= 0.6 is 11.3 Å². The predicted molar refractivity (Wildman–Crippen MR) is 107 cm³/mol. The Morgan fingerprint density at radius 2 is 2.00 bits per heavy atom. The lowest BCUT2D eigenvalue weighted by Gasteiger charge is -2.28. The molecule has 2 aromatic rings. The predicted octanol–water partition coefficient (Wildman–Crippen LogP) is 3.86. The Hall–Kier alpha value is -1.88. The molecule has 0 spiro atoms. The lowest BCUT2D eigenvalue weighted by atomic mass is 9.92. The monoisotopic (exact) mass is 369 g/mol. The van der Waals surface area contributed by atoms with E-state index in [1.54, 1.807) is 11.3 Å². The highest BCUT2D eigenvalue weighted by Gasteiger charge is 2.68. The van der Waals surface area contributed by atoms with Gasteiger partial charge in [0.2, 0.25) is 5.91 Å². The van der Waals surface area contributed by atoms with Crippen LogP contribution in [-0.2, 0) is 10.2 Å². The Bertz CT molecular complexity index is 801. The molecule has 5 heteroatoms. The molecule has 0 radical (unpaired) electrons. The van der Waals surface area contributed by atoms with Crippen LogP contribution < -0.4 is 4.90 Å². The van der Waals surface area contributed by atoms with Gasteiger partial charge in [0, 0.05) is 49.1 Å². The summed E-state index contributed by atoms with van der Waals surface area (Å²) in [6.07, 6.45) is 5.74. The third kappa shape index (κ3) is 2.73. The van der Waals surface area contributed by atoms with Gasteiger partial charge in [0.1, 0.15) is 0 Å². The van der Waals surface area contributed by atoms with E-state index < -0.39 is 0 Å². The van der Waals surface area contributed by atoms with Crippen LogP contribution in [0.2, 0.25) is 0 Å². The van der Waals surface area contributed by atoms with Crippen molar-refractivity contribution in [3.05, 3.63) is 46.4 Å². The fraction of sp³-hybridized carbons (Fsp3) is 0.524. The third-order valence-electron chi connectivity index (χ3n) is 6.16. The average Bonchev–Trinajstić information content (AvgIpc) is 2.95. The highest BCUT2D eigenvalue weighted by atomic mass is 32.1. The van der Waals surface area contributed by atoms with Crippen molar-refractivity contribution in [2.24, 2.45) is 5.41 Å². The van der Waals surface area contributed by atoms with Crippen LogP contribution in [0, 0.1) is 12.3 Å². The highest BCUT2D eigenvalue weighted by Crippen LogP contribution is 2.66. The molecule has 1 amide bonds. The van der Waals surface area contributed by atoms with Gasteiger partial charge in [-0.3, -0.25) is 9.78 Å². The van der Waals surface area contributed by atoms with Gasteiger partial charge in [-0.25, -0.2) is 0 Å². The number of nitrogens with zero attached hydrogens (tertiary/aromatic N) is 3. The van der Waals surface area contributed by atoms with Crippen molar-refractivity contribution in [1.29, 1.82) is 0 Å². The van der Waals surface area contributed by atoms with Gasteiger partial charge in [0.15, 0.2) is 0 Å². The maximum atomic E-state index is 13.6. The molecule has 138 valence electrons. The molecule has 4 nitrogen and oxygen atoms in total. The molecule has 0 bridgehead atoms. The Balaban J connectivity index is 1.53. The van der Waals surface area contributed by atoms with Gasteiger partial charge < -0.3 is 9.80 Å². The summed E-state index contributed by atoms with van der Waals surface area (Å²) in [5.41, 5.74) is 2.20. The van der Waals surface area contributed by atoms with Gasteiger partial charge in [-0.15, -0.1) is 11.3 Å². The van der Waals surface area contributed by atoms with Crippen LogP contribution in [0.1, 0.15) is 37.1 Å². The van der Waals surface area contributed by atoms with Crippen LogP contribution in [0.4, 0.5) is 5.69 Å². The van der Waals surface area contributed by atoms with Crippen molar-refractivity contribution in [2.45, 2.75) is 39.0 Å². The van der Waals surface area contributed by atoms with E-state index in [-0.39, 0.29) is 10.8 Å². The number of carbonyl (C=O) groups excluding carboxylic acids is 1. The summed E-state index contributed by atoms with van der Waals surface area (Å²) in [5, 5.41) is 2.09. The van der Waals surface area contributed by atoms with Gasteiger partial charge in [-0.2, -0.15) is 0 Å². The van der Waals surface area contributed by atoms with Gasteiger partial charge in [-0.05, 0) is 48.3 Å². The molecule has 4 rings (SSSR count). The van der Waals surface area contributed by atoms with Crippen molar-refractivity contribution < 1.29 is 4.79 Å². The summed E-state index contributed by atoms with van der Waals surface area (Å²) >= 11 is 1.73. The molecule has 2 fully saturated rings. The molecule has 1 saturated carbocycles. The topological polar surface area (TPSA) is 36.4 Å². The maximum absolute atomic E-state index is 13.6. The molecular weight excluding hydrogens is 342 g/mol. The summed E-state index contributed by atoms with van der Waals surface area (Å²) in [6.45, 7) is 10.1. The fourth-order valence-electron chi connectivity index (χ4n) is 4.48. The number of hydrogen-bond donors (Lipinski definition) is 0. The van der Waals surface area contributed by atoms with E-state index in [1.165, 1.54) is 16.1 Å². The third-order valence-corrected chi connectivity index (χ3v) is 7.19. The standard InChI is InChI=1S/C21H27N3OS/c1-16-14-22-8-7-17(16)23-9-5-10-24(12-11-23)19(25)21(15-20(21,2)3)18-6-4-13-26-18/h4,6-8,13-14H,5,9-12,15H2,1-3H3. The maximum Gasteiger partial charge on any atom is 0.234 e. The number of hydrogen-bond acceptors (Lipinski definition) is 4. The fourth-order valence-corrected chi connectivity index (χ4v) is 5.58. The molecular formula is C21H27N3OS. The molecule has 3 heterocycles. The molecule has 2 aliphatic rings. The largest absolute Gasteiger partial charge is 0.369 e. The van der Waals surface area contributed by atoms with Gasteiger partial charge in [0.05, 0.1) is 5.41 Å². The lowest BCUT2D eigenvalue weighted by molar-refractivity contribution is -0.134. The Morgan fingerprint density at radius 3 is 2.65 bits per heavy atom. The Kier molecular flexibility index (Phi) is 4.30. The first-order valence-corrected chi connectivity index (χ1v) is 10.3. The summed E-state index contributed by atoms with van der Waals surface area (Å²) in [4.78, 5) is 23.5. The minimum Gasteiger partial charge on any atom is -0.369 e. The molecule has 1 aliphatic carbocycles. The molecule has 1 unspecified atom stereocenters. The Morgan fingerprint density at radius 1 is 1.19 bits per heavy atom. The minimum atomic E-state index is -0.303. The summed E-state index contributed by atoms with van der Waals surface area (Å²) < 4.78 is 0. The zero-order chi connectivity index (χ0) is 18.4. The highest BCUT2D eigenvalue weighted by molar-refractivity contribution is 7.10. The number of carbonyl (C=O) groups is 1. The molecule has 1 aliphatic heterocycles. The molecule has 0 aromatic carbocycles. The zero-order valence-electron chi connectivity index (χ0n) is 15.9. The van der Waals surface area contributed by atoms with Crippen LogP contribution in [-0.4, -0.2) is 42.0 Å². The van der Waals surface area contributed by atoms with Crippen molar-refractivity contribution in [1.82, 2.24) is 9.88 Å².